The Kier molecular flexibility index (Phi) is 3.74. The third kappa shape index (κ3) is 2.57. The normalized spacial score (nSPS) is 11.6. The Labute approximate surface area is 104 Å². The highest BCUT2D eigenvalue weighted by Crippen LogP contribution is 2.24. The van der Waals surface area contributed by atoms with Crippen molar-refractivity contribution in [1.82, 2.24) is 9.78 Å². The van der Waals surface area contributed by atoms with Gasteiger partial charge in [0.25, 0.3) is 0 Å². The van der Waals surface area contributed by atoms with E-state index in [1.54, 1.807) is 41.3 Å². The molecule has 0 saturated carbocycles. The van der Waals surface area contributed by atoms with E-state index in [4.69, 9.17) is 9.84 Å². The number of nitrogens with zero attached hydrogens (tertiary/aromatic N) is 2. The minimum absolute atomic E-state index is 0.582. The lowest BCUT2D eigenvalue weighted by atomic mass is 10.1. The maximum absolute atomic E-state index is 13.0. The van der Waals surface area contributed by atoms with Gasteiger partial charge in [-0.1, -0.05) is 6.07 Å². The van der Waals surface area contributed by atoms with Gasteiger partial charge in [0.1, 0.15) is 17.3 Å². The number of rotatable bonds is 4. The van der Waals surface area contributed by atoms with Gasteiger partial charge >= 0.3 is 0 Å². The molecule has 0 saturated heterocycles. The molecular weight excluding hydrogens is 235 g/mol. The zero-order chi connectivity index (χ0) is 13.0. The molecule has 2 aromatic rings. The lowest BCUT2D eigenvalue weighted by molar-refractivity contribution is 0.300. The molecule has 0 radical (unpaired) electrons. The van der Waals surface area contributed by atoms with Crippen molar-refractivity contribution in [1.29, 1.82) is 0 Å². The maximum atomic E-state index is 13.0. The van der Waals surface area contributed by atoms with Gasteiger partial charge in [0.05, 0.1) is 13.7 Å². The minimum Gasteiger partial charge on any atom is -0.494 e. The summed E-state index contributed by atoms with van der Waals surface area (Å²) < 4.78 is 19.9. The largest absolute Gasteiger partial charge is 0.494 e. The van der Waals surface area contributed by atoms with Crippen molar-refractivity contribution >= 4 is 6.08 Å². The molecule has 1 aromatic carbocycles. The van der Waals surface area contributed by atoms with Crippen LogP contribution in [0.15, 0.2) is 42.5 Å². The van der Waals surface area contributed by atoms with Crippen molar-refractivity contribution in [2.75, 3.05) is 13.7 Å². The zero-order valence-corrected chi connectivity index (χ0v) is 9.88. The van der Waals surface area contributed by atoms with Gasteiger partial charge in [-0.05, 0) is 29.8 Å². The number of halogens is 1. The van der Waals surface area contributed by atoms with Crippen molar-refractivity contribution in [3.63, 3.8) is 0 Å². The Morgan fingerprint density at radius 1 is 1.56 bits per heavy atom. The van der Waals surface area contributed by atoms with Crippen LogP contribution in [0.2, 0.25) is 0 Å². The third-order valence-electron chi connectivity index (χ3n) is 2.43. The number of hydrogen-bond donors (Lipinski definition) is 1. The van der Waals surface area contributed by atoms with Gasteiger partial charge in [-0.15, -0.1) is 0 Å². The summed E-state index contributed by atoms with van der Waals surface area (Å²) in [6, 6.07) is 7.00. The maximum Gasteiger partial charge on any atom is 0.145 e. The van der Waals surface area contributed by atoms with E-state index in [0.29, 0.717) is 11.3 Å². The standard InChI is InChI=1S/C13H13FN2O2/c1-18-13-8-10(7-11(14)9-17)3-4-12(13)16-6-2-5-15-16/h2-8,17H,9H2,1H3. The van der Waals surface area contributed by atoms with Crippen molar-refractivity contribution in [2.45, 2.75) is 0 Å². The second kappa shape index (κ2) is 5.46. The van der Waals surface area contributed by atoms with Crippen molar-refractivity contribution in [3.8, 4) is 11.4 Å². The summed E-state index contributed by atoms with van der Waals surface area (Å²) in [7, 11) is 1.54. The van der Waals surface area contributed by atoms with Crippen LogP contribution in [0.25, 0.3) is 11.8 Å². The summed E-state index contributed by atoms with van der Waals surface area (Å²) >= 11 is 0. The van der Waals surface area contributed by atoms with E-state index in [0.717, 1.165) is 5.69 Å². The first-order chi connectivity index (χ1) is 8.74. The number of methoxy groups -OCH3 is 1. The van der Waals surface area contributed by atoms with E-state index < -0.39 is 12.4 Å². The number of hydrogen-bond acceptors (Lipinski definition) is 3. The number of benzene rings is 1. The van der Waals surface area contributed by atoms with E-state index >= 15 is 0 Å². The monoisotopic (exact) mass is 248 g/mol. The molecule has 1 aromatic heterocycles. The molecule has 4 nitrogen and oxygen atoms in total. The topological polar surface area (TPSA) is 47.3 Å². The van der Waals surface area contributed by atoms with Gasteiger partial charge in [0.2, 0.25) is 0 Å². The number of aliphatic hydroxyl groups excluding tert-OH is 1. The number of ether oxygens (including phenoxy) is 1. The van der Waals surface area contributed by atoms with Gasteiger partial charge in [0.15, 0.2) is 0 Å². The quantitative estimate of drug-likeness (QED) is 0.902. The fraction of sp³-hybridized carbons (Fsp3) is 0.154. The van der Waals surface area contributed by atoms with E-state index in [2.05, 4.69) is 5.10 Å². The van der Waals surface area contributed by atoms with Crippen LogP contribution in [0.3, 0.4) is 0 Å². The van der Waals surface area contributed by atoms with Crippen LogP contribution in [-0.4, -0.2) is 28.6 Å². The Balaban J connectivity index is 2.41. The Bertz CT molecular complexity index is 550. The molecule has 0 spiro atoms. The first kappa shape index (κ1) is 12.3. The molecule has 0 unspecified atom stereocenters. The van der Waals surface area contributed by atoms with E-state index in [1.807, 2.05) is 0 Å². The zero-order valence-electron chi connectivity index (χ0n) is 9.88. The van der Waals surface area contributed by atoms with E-state index in [-0.39, 0.29) is 0 Å². The number of aliphatic hydroxyl groups is 1. The summed E-state index contributed by atoms with van der Waals surface area (Å²) in [5, 5.41) is 12.7. The summed E-state index contributed by atoms with van der Waals surface area (Å²) in [6.45, 7) is -0.608. The molecular formula is C13H13FN2O2. The van der Waals surface area contributed by atoms with Gasteiger partial charge in [-0.25, -0.2) is 9.07 Å². The molecule has 0 bridgehead atoms. The highest BCUT2D eigenvalue weighted by atomic mass is 19.1. The van der Waals surface area contributed by atoms with Gasteiger partial charge in [-0.2, -0.15) is 5.10 Å². The van der Waals surface area contributed by atoms with Crippen LogP contribution in [0, 0.1) is 0 Å². The fourth-order valence-corrected chi connectivity index (χ4v) is 1.61. The van der Waals surface area contributed by atoms with Gasteiger partial charge in [-0.3, -0.25) is 0 Å². The molecule has 0 aliphatic rings. The minimum atomic E-state index is -0.608. The molecule has 1 N–H and O–H groups in total. The molecule has 94 valence electrons. The van der Waals surface area contributed by atoms with Crippen LogP contribution in [0.1, 0.15) is 5.56 Å². The smallest absolute Gasteiger partial charge is 0.145 e. The molecule has 0 amide bonds. The van der Waals surface area contributed by atoms with E-state index in [1.165, 1.54) is 13.2 Å². The molecule has 0 fully saturated rings. The third-order valence-corrected chi connectivity index (χ3v) is 2.43. The van der Waals surface area contributed by atoms with Crippen LogP contribution >= 0.6 is 0 Å². The van der Waals surface area contributed by atoms with Crippen molar-refractivity contribution < 1.29 is 14.2 Å². The Morgan fingerprint density at radius 3 is 3.00 bits per heavy atom. The molecule has 0 atom stereocenters. The summed E-state index contributed by atoms with van der Waals surface area (Å²) in [5.74, 6) is -0.0120. The predicted molar refractivity (Wildman–Crippen MR) is 66.3 cm³/mol. The lowest BCUT2D eigenvalue weighted by Gasteiger charge is -2.09. The van der Waals surface area contributed by atoms with E-state index in [9.17, 15) is 4.39 Å². The second-order valence-corrected chi connectivity index (χ2v) is 3.63. The molecule has 0 aliphatic heterocycles. The summed E-state index contributed by atoms with van der Waals surface area (Å²) in [6.07, 6.45) is 4.72. The Hall–Kier alpha value is -2.14. The average Bonchev–Trinajstić information content (AvgIpc) is 2.92. The lowest BCUT2D eigenvalue weighted by Crippen LogP contribution is -1.98. The van der Waals surface area contributed by atoms with Crippen LogP contribution in [0.5, 0.6) is 5.75 Å². The highest BCUT2D eigenvalue weighted by Gasteiger charge is 2.06. The van der Waals surface area contributed by atoms with Crippen LogP contribution in [-0.2, 0) is 0 Å². The van der Waals surface area contributed by atoms with Gasteiger partial charge in [0, 0.05) is 12.4 Å². The van der Waals surface area contributed by atoms with Gasteiger partial charge < -0.3 is 9.84 Å². The van der Waals surface area contributed by atoms with Crippen LogP contribution < -0.4 is 4.74 Å². The van der Waals surface area contributed by atoms with Crippen LogP contribution in [0.4, 0.5) is 4.39 Å². The van der Waals surface area contributed by atoms with Crippen molar-refractivity contribution in [2.24, 2.45) is 0 Å². The molecule has 1 heterocycles. The molecule has 0 aliphatic carbocycles. The second-order valence-electron chi connectivity index (χ2n) is 3.63. The predicted octanol–water partition coefficient (Wildman–Crippen LogP) is 2.18. The van der Waals surface area contributed by atoms with Crippen molar-refractivity contribution in [3.05, 3.63) is 48.0 Å². The summed E-state index contributed by atoms with van der Waals surface area (Å²) in [4.78, 5) is 0. The SMILES string of the molecule is COc1cc(C=C(F)CO)ccc1-n1cccn1. The first-order valence-corrected chi connectivity index (χ1v) is 5.39. The first-order valence-electron chi connectivity index (χ1n) is 5.39. The molecule has 18 heavy (non-hydrogen) atoms. The number of aromatic nitrogens is 2. The molecule has 2 rings (SSSR count). The Morgan fingerprint density at radius 2 is 2.39 bits per heavy atom. The average molecular weight is 248 g/mol. The highest BCUT2D eigenvalue weighted by molar-refractivity contribution is 5.59. The fourth-order valence-electron chi connectivity index (χ4n) is 1.61. The summed E-state index contributed by atoms with van der Waals surface area (Å²) in [5.41, 5.74) is 1.39. The molecule has 5 heteroatoms.